The molecule has 0 fully saturated rings. The smallest absolute Gasteiger partial charge is 0.346 e. The molecule has 0 aromatic carbocycles. The van der Waals surface area contributed by atoms with E-state index in [2.05, 4.69) is 48.5 Å². The van der Waals surface area contributed by atoms with Crippen LogP contribution in [0, 0.1) is 27.7 Å². The first kappa shape index (κ1) is 36.0. The van der Waals surface area contributed by atoms with Crippen molar-refractivity contribution in [1.29, 1.82) is 0 Å². The second-order valence-corrected chi connectivity index (χ2v) is 2.56. The van der Waals surface area contributed by atoms with Gasteiger partial charge in [0.05, 0.1) is 0 Å². The van der Waals surface area contributed by atoms with Crippen molar-refractivity contribution >= 4 is 46.1 Å². The van der Waals surface area contributed by atoms with Crippen LogP contribution in [0.5, 0.6) is 0 Å². The molecule has 0 heterocycles. The maximum absolute atomic E-state index is 3.60. The van der Waals surface area contributed by atoms with Gasteiger partial charge < -0.3 is 27.7 Å². The molecule has 92 valence electrons. The maximum atomic E-state index is 3.60. The molecule has 0 saturated carbocycles. The molecule has 0 atom stereocenters. The average molecular weight is 249 g/mol. The van der Waals surface area contributed by atoms with Gasteiger partial charge in [0.15, 0.2) is 0 Å². The molecule has 0 aliphatic heterocycles. The Bertz CT molecular complexity index is 24.2. The minimum Gasteiger partial charge on any atom is -0.346 e. The standard InChI is InChI=1S/3C4H9.C2H5.2Mg/c3*1-3-4-2;1-2;;/h3*1,3-4H2,2H3;1H2,2H3;;/q4*-1;2*+2. The predicted molar refractivity (Wildman–Crippen MR) is 83.3 cm³/mol. The van der Waals surface area contributed by atoms with E-state index in [0.29, 0.717) is 0 Å². The van der Waals surface area contributed by atoms with E-state index in [-0.39, 0.29) is 46.1 Å². The summed E-state index contributed by atoms with van der Waals surface area (Å²) >= 11 is 0. The molecule has 0 saturated heterocycles. The van der Waals surface area contributed by atoms with Crippen molar-refractivity contribution in [2.75, 3.05) is 0 Å². The molecule has 0 bridgehead atoms. The fourth-order valence-electron chi connectivity index (χ4n) is 0. The quantitative estimate of drug-likeness (QED) is 0.490. The molecule has 0 nitrogen and oxygen atoms in total. The molecule has 0 amide bonds. The van der Waals surface area contributed by atoms with Gasteiger partial charge in [-0.25, -0.2) is 0 Å². The minimum absolute atomic E-state index is 0. The molecule has 0 aromatic heterocycles. The summed E-state index contributed by atoms with van der Waals surface area (Å²) in [4.78, 5) is 0. The van der Waals surface area contributed by atoms with Crippen molar-refractivity contribution in [1.82, 2.24) is 0 Å². The summed E-state index contributed by atoms with van der Waals surface area (Å²) in [6, 6.07) is 0. The molecule has 0 N–H and O–H groups in total. The van der Waals surface area contributed by atoms with Gasteiger partial charge in [0, 0.05) is 0 Å². The van der Waals surface area contributed by atoms with E-state index in [1.54, 1.807) is 6.92 Å². The molecule has 0 aliphatic carbocycles. The first-order chi connectivity index (χ1) is 6.74. The van der Waals surface area contributed by atoms with E-state index in [9.17, 15) is 0 Å². The van der Waals surface area contributed by atoms with Gasteiger partial charge in [-0.3, -0.25) is 0 Å². The summed E-state index contributed by atoms with van der Waals surface area (Å²) < 4.78 is 0. The molecule has 2 heteroatoms. The fraction of sp³-hybridized carbons (Fsp3) is 0.714. The van der Waals surface area contributed by atoms with Crippen LogP contribution in [0.3, 0.4) is 0 Å². The largest absolute Gasteiger partial charge is 2.00 e. The molecule has 0 unspecified atom stereocenters. The Morgan fingerprint density at radius 1 is 0.562 bits per heavy atom. The third kappa shape index (κ3) is 160. The van der Waals surface area contributed by atoms with Gasteiger partial charge in [-0.1, -0.05) is 40.0 Å². The van der Waals surface area contributed by atoms with Crippen molar-refractivity contribution in [2.45, 2.75) is 66.2 Å². The Morgan fingerprint density at radius 3 is 0.625 bits per heavy atom. The summed E-state index contributed by atoms with van der Waals surface area (Å²) in [5.41, 5.74) is 0. The Kier molecular flexibility index (Phi) is 158. The number of unbranched alkanes of at least 4 members (excludes halogenated alkanes) is 3. The van der Waals surface area contributed by atoms with Crippen LogP contribution in [0.2, 0.25) is 0 Å². The minimum atomic E-state index is 0. The molecule has 0 radical (unpaired) electrons. The van der Waals surface area contributed by atoms with Crippen LogP contribution in [0.1, 0.15) is 66.2 Å². The van der Waals surface area contributed by atoms with Crippen molar-refractivity contribution in [3.05, 3.63) is 27.7 Å². The van der Waals surface area contributed by atoms with Crippen molar-refractivity contribution < 1.29 is 0 Å². The van der Waals surface area contributed by atoms with E-state index >= 15 is 0 Å². The van der Waals surface area contributed by atoms with Crippen LogP contribution in [-0.2, 0) is 0 Å². The normalized spacial score (nSPS) is 6.00. The Hall–Kier alpha value is 1.53. The summed E-state index contributed by atoms with van der Waals surface area (Å²) in [7, 11) is 0. The number of hydrogen-bond donors (Lipinski definition) is 0. The van der Waals surface area contributed by atoms with E-state index in [4.69, 9.17) is 0 Å². The van der Waals surface area contributed by atoms with Crippen LogP contribution >= 0.6 is 0 Å². The Labute approximate surface area is 139 Å². The van der Waals surface area contributed by atoms with E-state index in [1.165, 1.54) is 19.3 Å². The second-order valence-electron chi connectivity index (χ2n) is 2.56. The van der Waals surface area contributed by atoms with Gasteiger partial charge in [-0.2, -0.15) is 26.2 Å². The monoisotopic (exact) mass is 248 g/mol. The molecular formula is C14H32Mg2. The van der Waals surface area contributed by atoms with Crippen LogP contribution in [0.4, 0.5) is 0 Å². The second kappa shape index (κ2) is 70.3. The Balaban J connectivity index is -0.0000000205. The predicted octanol–water partition coefficient (Wildman–Crippen LogP) is 4.94. The van der Waals surface area contributed by atoms with Gasteiger partial charge >= 0.3 is 46.1 Å². The molecule has 0 rings (SSSR count). The first-order valence-corrected chi connectivity index (χ1v) is 5.83. The zero-order valence-electron chi connectivity index (χ0n) is 12.5. The topological polar surface area (TPSA) is 0 Å². The molecule has 16 heavy (non-hydrogen) atoms. The van der Waals surface area contributed by atoms with Crippen LogP contribution in [0.15, 0.2) is 0 Å². The van der Waals surface area contributed by atoms with E-state index in [0.717, 1.165) is 19.3 Å². The third-order valence-electron chi connectivity index (χ3n) is 1.06. The van der Waals surface area contributed by atoms with Gasteiger partial charge in [-0.05, 0) is 0 Å². The molecule has 0 aliphatic rings. The van der Waals surface area contributed by atoms with Crippen LogP contribution in [-0.4, -0.2) is 46.1 Å². The first-order valence-electron chi connectivity index (χ1n) is 5.83. The summed E-state index contributed by atoms with van der Waals surface area (Å²) in [6.07, 6.45) is 6.83. The van der Waals surface area contributed by atoms with E-state index in [1.807, 2.05) is 0 Å². The van der Waals surface area contributed by atoms with Crippen molar-refractivity contribution in [3.8, 4) is 0 Å². The zero-order chi connectivity index (χ0) is 12.2. The fourth-order valence-corrected chi connectivity index (χ4v) is 0. The summed E-state index contributed by atoms with van der Waals surface area (Å²) in [6.45, 7) is 22.2. The summed E-state index contributed by atoms with van der Waals surface area (Å²) in [5, 5.41) is 0. The third-order valence-corrected chi connectivity index (χ3v) is 1.06. The van der Waals surface area contributed by atoms with Crippen molar-refractivity contribution in [2.24, 2.45) is 0 Å². The average Bonchev–Trinajstić information content (AvgIpc) is 2.31. The van der Waals surface area contributed by atoms with Gasteiger partial charge in [0.2, 0.25) is 0 Å². The van der Waals surface area contributed by atoms with Crippen molar-refractivity contribution in [3.63, 3.8) is 0 Å². The summed E-state index contributed by atoms with van der Waals surface area (Å²) in [5.74, 6) is 0. The number of rotatable bonds is 3. The Morgan fingerprint density at radius 2 is 0.625 bits per heavy atom. The molecule has 0 spiro atoms. The SMILES string of the molecule is [CH2-]C.[CH2-]CCC.[CH2-]CCC.[CH2-]CCC.[Mg+2].[Mg+2]. The molecular weight excluding hydrogens is 217 g/mol. The van der Waals surface area contributed by atoms with Crippen LogP contribution < -0.4 is 0 Å². The van der Waals surface area contributed by atoms with Gasteiger partial charge in [0.25, 0.3) is 0 Å². The molecule has 0 aromatic rings. The van der Waals surface area contributed by atoms with Crippen LogP contribution in [0.25, 0.3) is 0 Å². The number of hydrogen-bond acceptors (Lipinski definition) is 0. The zero-order valence-corrected chi connectivity index (χ0v) is 15.3. The van der Waals surface area contributed by atoms with Gasteiger partial charge in [0.1, 0.15) is 0 Å². The van der Waals surface area contributed by atoms with E-state index < -0.39 is 0 Å². The maximum Gasteiger partial charge on any atom is 2.00 e. The van der Waals surface area contributed by atoms with Gasteiger partial charge in [-0.15, -0.1) is 0 Å².